The molecule has 106 valence electrons. The molecule has 7 nitrogen and oxygen atoms in total. The van der Waals surface area contributed by atoms with Gasteiger partial charge in [0.15, 0.2) is 5.57 Å². The van der Waals surface area contributed by atoms with E-state index in [9.17, 15) is 4.79 Å². The fraction of sp³-hybridized carbons (Fsp3) is 0.143. The van der Waals surface area contributed by atoms with Gasteiger partial charge in [0.2, 0.25) is 5.89 Å². The van der Waals surface area contributed by atoms with Gasteiger partial charge in [0.05, 0.1) is 6.61 Å². The standard InChI is InChI=1S/C14H12N4O3/c1-2-20-13(19)11(8-15)9-16-14-18-17-12(21-14)10-6-4-3-5-7-10/h3-7,9H,2H2,1H3,(H,16,18)/b11-9+. The lowest BCUT2D eigenvalue weighted by Crippen LogP contribution is -2.07. The number of hydrogen-bond acceptors (Lipinski definition) is 7. The topological polar surface area (TPSA) is 101 Å². The molecule has 2 rings (SSSR count). The van der Waals surface area contributed by atoms with Crippen molar-refractivity contribution < 1.29 is 13.9 Å². The molecule has 0 aliphatic heterocycles. The highest BCUT2D eigenvalue weighted by molar-refractivity contribution is 5.93. The Morgan fingerprint density at radius 1 is 1.43 bits per heavy atom. The maximum absolute atomic E-state index is 11.4. The van der Waals surface area contributed by atoms with Crippen LogP contribution < -0.4 is 5.32 Å². The molecule has 21 heavy (non-hydrogen) atoms. The van der Waals surface area contributed by atoms with E-state index in [2.05, 4.69) is 15.5 Å². The van der Waals surface area contributed by atoms with Crippen molar-refractivity contribution in [2.75, 3.05) is 11.9 Å². The Hall–Kier alpha value is -3.14. The van der Waals surface area contributed by atoms with Crippen LogP contribution in [0.2, 0.25) is 0 Å². The third-order valence-corrected chi connectivity index (χ3v) is 2.40. The van der Waals surface area contributed by atoms with Crippen molar-refractivity contribution in [1.82, 2.24) is 10.2 Å². The number of rotatable bonds is 5. The molecule has 0 saturated heterocycles. The van der Waals surface area contributed by atoms with E-state index in [4.69, 9.17) is 14.4 Å². The Morgan fingerprint density at radius 3 is 2.86 bits per heavy atom. The fourth-order valence-corrected chi connectivity index (χ4v) is 1.46. The van der Waals surface area contributed by atoms with Gasteiger partial charge in [-0.25, -0.2) is 4.79 Å². The van der Waals surface area contributed by atoms with E-state index in [-0.39, 0.29) is 18.2 Å². The van der Waals surface area contributed by atoms with E-state index >= 15 is 0 Å². The average Bonchev–Trinajstić information content (AvgIpc) is 2.98. The van der Waals surface area contributed by atoms with Gasteiger partial charge in [-0.05, 0) is 19.1 Å². The van der Waals surface area contributed by atoms with E-state index in [1.54, 1.807) is 13.0 Å². The number of carbonyl (C=O) groups is 1. The van der Waals surface area contributed by atoms with Crippen LogP contribution in [0.5, 0.6) is 0 Å². The van der Waals surface area contributed by atoms with Gasteiger partial charge in [-0.15, -0.1) is 5.10 Å². The summed E-state index contributed by atoms with van der Waals surface area (Å²) in [4.78, 5) is 11.4. The zero-order valence-corrected chi connectivity index (χ0v) is 11.2. The zero-order valence-electron chi connectivity index (χ0n) is 11.2. The van der Waals surface area contributed by atoms with Gasteiger partial charge >= 0.3 is 12.0 Å². The number of carbonyl (C=O) groups excluding carboxylic acids is 1. The minimum absolute atomic E-state index is 0.0749. The van der Waals surface area contributed by atoms with Gasteiger partial charge in [-0.1, -0.05) is 23.3 Å². The number of nitrogens with one attached hydrogen (secondary N) is 1. The molecule has 0 bridgehead atoms. The van der Waals surface area contributed by atoms with Crippen LogP contribution in [0.15, 0.2) is 46.5 Å². The molecule has 0 amide bonds. The monoisotopic (exact) mass is 284 g/mol. The van der Waals surface area contributed by atoms with Crippen molar-refractivity contribution >= 4 is 12.0 Å². The first-order chi connectivity index (χ1) is 10.2. The second-order valence-corrected chi connectivity index (χ2v) is 3.81. The SMILES string of the molecule is CCOC(=O)/C(C#N)=C/Nc1nnc(-c2ccccc2)o1. The third-order valence-electron chi connectivity index (χ3n) is 2.40. The number of esters is 1. The minimum atomic E-state index is -0.713. The first kappa shape index (κ1) is 14.3. The smallest absolute Gasteiger partial charge is 0.350 e. The van der Waals surface area contributed by atoms with E-state index in [0.717, 1.165) is 5.56 Å². The Labute approximate surface area is 120 Å². The summed E-state index contributed by atoms with van der Waals surface area (Å²) >= 11 is 0. The molecule has 0 aliphatic rings. The molecule has 0 fully saturated rings. The summed E-state index contributed by atoms with van der Waals surface area (Å²) in [6.45, 7) is 1.85. The number of anilines is 1. The number of nitriles is 1. The van der Waals surface area contributed by atoms with Gasteiger partial charge in [-0.2, -0.15) is 5.26 Å². The molecule has 1 aromatic heterocycles. The normalized spacial score (nSPS) is 10.8. The van der Waals surface area contributed by atoms with Crippen LogP contribution in [0.4, 0.5) is 6.01 Å². The Balaban J connectivity index is 2.09. The summed E-state index contributed by atoms with van der Waals surface area (Å²) in [5.74, 6) is -0.378. The average molecular weight is 284 g/mol. The van der Waals surface area contributed by atoms with Crippen molar-refractivity contribution in [3.05, 3.63) is 42.1 Å². The van der Waals surface area contributed by atoms with Crippen molar-refractivity contribution in [2.24, 2.45) is 0 Å². The third kappa shape index (κ3) is 3.67. The summed E-state index contributed by atoms with van der Waals surface area (Å²) in [6, 6.07) is 11.0. The maximum Gasteiger partial charge on any atom is 0.350 e. The highest BCUT2D eigenvalue weighted by Crippen LogP contribution is 2.19. The van der Waals surface area contributed by atoms with Crippen LogP contribution >= 0.6 is 0 Å². The van der Waals surface area contributed by atoms with Crippen molar-refractivity contribution in [2.45, 2.75) is 6.92 Å². The van der Waals surface area contributed by atoms with Gasteiger partial charge < -0.3 is 14.5 Å². The summed E-state index contributed by atoms with van der Waals surface area (Å²) < 4.78 is 10.1. The molecule has 0 spiro atoms. The molecule has 0 atom stereocenters. The van der Waals surface area contributed by atoms with Crippen LogP contribution in [0.25, 0.3) is 11.5 Å². The van der Waals surface area contributed by atoms with Gasteiger partial charge in [0.1, 0.15) is 6.07 Å². The second-order valence-electron chi connectivity index (χ2n) is 3.81. The van der Waals surface area contributed by atoms with Crippen LogP contribution in [0.1, 0.15) is 6.92 Å². The predicted octanol–water partition coefficient (Wildman–Crippen LogP) is 2.12. The molecule has 0 unspecified atom stereocenters. The number of hydrogen-bond donors (Lipinski definition) is 1. The van der Waals surface area contributed by atoms with Gasteiger partial charge in [-0.3, -0.25) is 0 Å². The highest BCUT2D eigenvalue weighted by atomic mass is 16.5. The molecule has 0 saturated carbocycles. The lowest BCUT2D eigenvalue weighted by atomic mass is 10.2. The van der Waals surface area contributed by atoms with Crippen LogP contribution in [0, 0.1) is 11.3 Å². The lowest BCUT2D eigenvalue weighted by molar-refractivity contribution is -0.138. The van der Waals surface area contributed by atoms with E-state index in [1.165, 1.54) is 6.20 Å². The summed E-state index contributed by atoms with van der Waals surface area (Å²) in [7, 11) is 0. The van der Waals surface area contributed by atoms with E-state index in [1.807, 2.05) is 30.3 Å². The predicted molar refractivity (Wildman–Crippen MR) is 73.7 cm³/mol. The molecule has 1 N–H and O–H groups in total. The first-order valence-corrected chi connectivity index (χ1v) is 6.17. The fourth-order valence-electron chi connectivity index (χ4n) is 1.46. The molecule has 1 heterocycles. The molecular formula is C14H12N4O3. The maximum atomic E-state index is 11.4. The van der Waals surface area contributed by atoms with Gasteiger partial charge in [0.25, 0.3) is 0 Å². The summed E-state index contributed by atoms with van der Waals surface area (Å²) in [5.41, 5.74) is 0.587. The van der Waals surface area contributed by atoms with Crippen LogP contribution in [0.3, 0.4) is 0 Å². The molecule has 0 aliphatic carbocycles. The van der Waals surface area contributed by atoms with Crippen LogP contribution in [-0.4, -0.2) is 22.8 Å². The highest BCUT2D eigenvalue weighted by Gasteiger charge is 2.11. The quantitative estimate of drug-likeness (QED) is 0.509. The lowest BCUT2D eigenvalue weighted by Gasteiger charge is -1.99. The summed E-state index contributed by atoms with van der Waals surface area (Å²) in [6.07, 6.45) is 1.17. The summed E-state index contributed by atoms with van der Waals surface area (Å²) in [5, 5.41) is 19.1. The van der Waals surface area contributed by atoms with Crippen molar-refractivity contribution in [1.29, 1.82) is 5.26 Å². The number of ether oxygens (including phenoxy) is 1. The Morgan fingerprint density at radius 2 is 2.19 bits per heavy atom. The zero-order chi connectivity index (χ0) is 15.1. The van der Waals surface area contributed by atoms with E-state index < -0.39 is 5.97 Å². The number of benzene rings is 1. The van der Waals surface area contributed by atoms with E-state index in [0.29, 0.717) is 5.89 Å². The molecule has 2 aromatic rings. The largest absolute Gasteiger partial charge is 0.462 e. The number of nitrogens with zero attached hydrogens (tertiary/aromatic N) is 3. The molecular weight excluding hydrogens is 272 g/mol. The van der Waals surface area contributed by atoms with Crippen LogP contribution in [-0.2, 0) is 9.53 Å². The molecule has 0 radical (unpaired) electrons. The Kier molecular flexibility index (Phi) is 4.66. The Bertz CT molecular complexity index is 686. The minimum Gasteiger partial charge on any atom is -0.462 e. The van der Waals surface area contributed by atoms with Gasteiger partial charge in [0, 0.05) is 11.8 Å². The second kappa shape index (κ2) is 6.86. The number of aromatic nitrogens is 2. The van der Waals surface area contributed by atoms with Crippen molar-refractivity contribution in [3.63, 3.8) is 0 Å². The van der Waals surface area contributed by atoms with Crippen molar-refractivity contribution in [3.8, 4) is 17.5 Å². The molecule has 1 aromatic carbocycles. The first-order valence-electron chi connectivity index (χ1n) is 6.17. The molecule has 7 heteroatoms.